The quantitative estimate of drug-likeness (QED) is 0.793. The van der Waals surface area contributed by atoms with Crippen molar-refractivity contribution in [2.24, 2.45) is 0 Å². The van der Waals surface area contributed by atoms with Gasteiger partial charge in [0.15, 0.2) is 0 Å². The molecule has 0 saturated carbocycles. The second kappa shape index (κ2) is 5.81. The van der Waals surface area contributed by atoms with Gasteiger partial charge in [-0.3, -0.25) is 0 Å². The summed E-state index contributed by atoms with van der Waals surface area (Å²) < 4.78 is 26.0. The lowest BCUT2D eigenvalue weighted by Crippen LogP contribution is -2.27. The summed E-state index contributed by atoms with van der Waals surface area (Å²) in [5.41, 5.74) is 0.436. The van der Waals surface area contributed by atoms with Crippen LogP contribution in [0.25, 0.3) is 0 Å². The Hall–Kier alpha value is -0.960. The molecule has 1 N–H and O–H groups in total. The largest absolute Gasteiger partial charge is 0.314 e. The van der Waals surface area contributed by atoms with Gasteiger partial charge in [0.1, 0.15) is 11.6 Å². The average molecular weight is 213 g/mol. The maximum atomic E-state index is 13.2. The molecule has 0 aromatic heterocycles. The lowest BCUT2D eigenvalue weighted by atomic mass is 10.1. The fraction of sp³-hybridized carbons (Fsp3) is 0.500. The first-order chi connectivity index (χ1) is 7.13. The number of halogens is 2. The SMILES string of the molecule is CCC(C)NCCc1cc(F)ccc1F. The van der Waals surface area contributed by atoms with Crippen molar-refractivity contribution in [3.8, 4) is 0 Å². The van der Waals surface area contributed by atoms with Gasteiger partial charge in [0.25, 0.3) is 0 Å². The van der Waals surface area contributed by atoms with Crippen LogP contribution in [0.5, 0.6) is 0 Å². The van der Waals surface area contributed by atoms with E-state index in [9.17, 15) is 8.78 Å². The molecule has 1 rings (SSSR count). The smallest absolute Gasteiger partial charge is 0.126 e. The van der Waals surface area contributed by atoms with E-state index in [4.69, 9.17) is 0 Å². The Kier molecular flexibility index (Phi) is 4.69. The summed E-state index contributed by atoms with van der Waals surface area (Å²) in [6.07, 6.45) is 1.56. The van der Waals surface area contributed by atoms with Gasteiger partial charge in [-0.25, -0.2) is 8.78 Å². The van der Waals surface area contributed by atoms with E-state index in [0.717, 1.165) is 12.5 Å². The molecule has 3 heteroatoms. The first-order valence-corrected chi connectivity index (χ1v) is 5.30. The van der Waals surface area contributed by atoms with E-state index in [2.05, 4.69) is 19.2 Å². The van der Waals surface area contributed by atoms with Gasteiger partial charge < -0.3 is 5.32 Å². The van der Waals surface area contributed by atoms with Gasteiger partial charge in [0, 0.05) is 6.04 Å². The summed E-state index contributed by atoms with van der Waals surface area (Å²) in [6, 6.07) is 3.99. The number of benzene rings is 1. The van der Waals surface area contributed by atoms with Crippen LogP contribution in [-0.4, -0.2) is 12.6 Å². The molecule has 0 aliphatic rings. The van der Waals surface area contributed by atoms with Crippen molar-refractivity contribution >= 4 is 0 Å². The van der Waals surface area contributed by atoms with E-state index in [1.54, 1.807) is 0 Å². The molecule has 1 aromatic carbocycles. The fourth-order valence-corrected chi connectivity index (χ4v) is 1.33. The van der Waals surface area contributed by atoms with Crippen LogP contribution >= 0.6 is 0 Å². The maximum absolute atomic E-state index is 13.2. The maximum Gasteiger partial charge on any atom is 0.126 e. The van der Waals surface area contributed by atoms with Crippen LogP contribution in [0.3, 0.4) is 0 Å². The first-order valence-electron chi connectivity index (χ1n) is 5.30. The van der Waals surface area contributed by atoms with E-state index in [1.807, 2.05) is 0 Å². The van der Waals surface area contributed by atoms with Crippen LogP contribution in [0.1, 0.15) is 25.8 Å². The van der Waals surface area contributed by atoms with Crippen LogP contribution in [0.4, 0.5) is 8.78 Å². The molecule has 0 radical (unpaired) electrons. The van der Waals surface area contributed by atoms with Crippen molar-refractivity contribution < 1.29 is 8.78 Å². The third-order valence-electron chi connectivity index (χ3n) is 2.51. The first kappa shape index (κ1) is 12.1. The minimum absolute atomic E-state index is 0.331. The molecule has 1 atom stereocenters. The zero-order valence-corrected chi connectivity index (χ0v) is 9.19. The van der Waals surface area contributed by atoms with E-state index >= 15 is 0 Å². The highest BCUT2D eigenvalue weighted by Gasteiger charge is 2.04. The minimum Gasteiger partial charge on any atom is -0.314 e. The minimum atomic E-state index is -0.380. The van der Waals surface area contributed by atoms with Crippen LogP contribution in [0.2, 0.25) is 0 Å². The molecule has 0 heterocycles. The van der Waals surface area contributed by atoms with Crippen LogP contribution < -0.4 is 5.32 Å². The van der Waals surface area contributed by atoms with Gasteiger partial charge in [0.2, 0.25) is 0 Å². The summed E-state index contributed by atoms with van der Waals surface area (Å²) in [7, 11) is 0. The third kappa shape index (κ3) is 3.96. The van der Waals surface area contributed by atoms with E-state index in [1.165, 1.54) is 12.1 Å². The number of hydrogen-bond acceptors (Lipinski definition) is 1. The normalized spacial score (nSPS) is 12.8. The van der Waals surface area contributed by atoms with Crippen molar-refractivity contribution in [1.29, 1.82) is 0 Å². The molecular weight excluding hydrogens is 196 g/mol. The Balaban J connectivity index is 2.46. The Morgan fingerprint density at radius 3 is 2.73 bits per heavy atom. The van der Waals surface area contributed by atoms with Crippen LogP contribution in [0, 0.1) is 11.6 Å². The van der Waals surface area contributed by atoms with E-state index < -0.39 is 0 Å². The Morgan fingerprint density at radius 1 is 1.33 bits per heavy atom. The number of nitrogens with one attached hydrogen (secondary N) is 1. The topological polar surface area (TPSA) is 12.0 Å². The van der Waals surface area contributed by atoms with Crippen molar-refractivity contribution in [3.63, 3.8) is 0 Å². The molecule has 0 bridgehead atoms. The fourth-order valence-electron chi connectivity index (χ4n) is 1.33. The molecule has 1 aromatic rings. The molecule has 15 heavy (non-hydrogen) atoms. The summed E-state index contributed by atoms with van der Waals surface area (Å²) in [5, 5.41) is 3.24. The highest BCUT2D eigenvalue weighted by molar-refractivity contribution is 5.18. The van der Waals surface area contributed by atoms with Crippen LogP contribution in [-0.2, 0) is 6.42 Å². The summed E-state index contributed by atoms with van der Waals surface area (Å²) in [6.45, 7) is 4.83. The Bertz CT molecular complexity index is 312. The van der Waals surface area contributed by atoms with Crippen molar-refractivity contribution in [1.82, 2.24) is 5.32 Å². The predicted molar refractivity (Wildman–Crippen MR) is 57.8 cm³/mol. The molecule has 0 aliphatic carbocycles. The van der Waals surface area contributed by atoms with Gasteiger partial charge in [-0.15, -0.1) is 0 Å². The highest BCUT2D eigenvalue weighted by Crippen LogP contribution is 2.09. The molecule has 0 aliphatic heterocycles. The monoisotopic (exact) mass is 213 g/mol. The summed E-state index contributed by atoms with van der Waals surface area (Å²) in [5.74, 6) is -0.711. The van der Waals surface area contributed by atoms with Gasteiger partial charge in [-0.2, -0.15) is 0 Å². The van der Waals surface area contributed by atoms with Gasteiger partial charge in [0.05, 0.1) is 0 Å². The van der Waals surface area contributed by atoms with Gasteiger partial charge >= 0.3 is 0 Å². The molecule has 84 valence electrons. The van der Waals surface area contributed by atoms with Crippen LogP contribution in [0.15, 0.2) is 18.2 Å². The second-order valence-electron chi connectivity index (χ2n) is 3.75. The summed E-state index contributed by atoms with van der Waals surface area (Å²) >= 11 is 0. The number of rotatable bonds is 5. The standard InChI is InChI=1S/C12H17F2N/c1-3-9(2)15-7-6-10-8-11(13)4-5-12(10)14/h4-5,8-9,15H,3,6-7H2,1-2H3. The molecular formula is C12H17F2N. The van der Waals surface area contributed by atoms with E-state index in [-0.39, 0.29) is 11.6 Å². The molecule has 0 saturated heterocycles. The summed E-state index contributed by atoms with van der Waals surface area (Å²) in [4.78, 5) is 0. The molecule has 0 amide bonds. The Morgan fingerprint density at radius 2 is 2.07 bits per heavy atom. The second-order valence-corrected chi connectivity index (χ2v) is 3.75. The highest BCUT2D eigenvalue weighted by atomic mass is 19.1. The van der Waals surface area contributed by atoms with Crippen molar-refractivity contribution in [3.05, 3.63) is 35.4 Å². The van der Waals surface area contributed by atoms with Gasteiger partial charge in [-0.05, 0) is 50.1 Å². The zero-order valence-electron chi connectivity index (χ0n) is 9.19. The molecule has 1 unspecified atom stereocenters. The van der Waals surface area contributed by atoms with E-state index in [0.29, 0.717) is 24.6 Å². The lowest BCUT2D eigenvalue weighted by molar-refractivity contribution is 0.526. The average Bonchev–Trinajstić information content (AvgIpc) is 2.23. The molecule has 1 nitrogen and oxygen atoms in total. The number of hydrogen-bond donors (Lipinski definition) is 1. The molecule has 0 spiro atoms. The van der Waals surface area contributed by atoms with Crippen molar-refractivity contribution in [2.45, 2.75) is 32.7 Å². The predicted octanol–water partition coefficient (Wildman–Crippen LogP) is 2.90. The zero-order chi connectivity index (χ0) is 11.3. The Labute approximate surface area is 89.5 Å². The third-order valence-corrected chi connectivity index (χ3v) is 2.51. The molecule has 0 fully saturated rings. The van der Waals surface area contributed by atoms with Gasteiger partial charge in [-0.1, -0.05) is 6.92 Å². The van der Waals surface area contributed by atoms with Crippen molar-refractivity contribution in [2.75, 3.05) is 6.54 Å². The lowest BCUT2D eigenvalue weighted by Gasteiger charge is -2.11.